The number of carbonyl (C=O) groups is 1. The molecule has 228 valence electrons. The molecule has 12 heteroatoms. The number of fused-ring (bicyclic) bond motifs is 1. The molecule has 44 heavy (non-hydrogen) atoms. The van der Waals surface area contributed by atoms with Crippen molar-refractivity contribution in [1.29, 1.82) is 0 Å². The van der Waals surface area contributed by atoms with Crippen LogP contribution in [0.3, 0.4) is 0 Å². The summed E-state index contributed by atoms with van der Waals surface area (Å²) in [5, 5.41) is 0. The van der Waals surface area contributed by atoms with Crippen LogP contribution in [0.2, 0.25) is 0 Å². The van der Waals surface area contributed by atoms with Crippen molar-refractivity contribution in [2.24, 2.45) is 4.99 Å². The molecule has 0 bridgehead atoms. The van der Waals surface area contributed by atoms with Crippen molar-refractivity contribution >= 4 is 55.2 Å². The minimum absolute atomic E-state index is 0.186. The smallest absolute Gasteiger partial charge is 0.337 e. The van der Waals surface area contributed by atoms with Crippen LogP contribution in [0.4, 0.5) is 4.39 Å². The summed E-state index contributed by atoms with van der Waals surface area (Å²) in [5.74, 6) is 0.623. The van der Waals surface area contributed by atoms with Crippen molar-refractivity contribution in [3.63, 3.8) is 0 Å². The average molecular weight is 746 g/mol. The van der Waals surface area contributed by atoms with Crippen LogP contribution in [0.5, 0.6) is 17.2 Å². The third-order valence-corrected chi connectivity index (χ3v) is 8.67. The number of halogens is 3. The molecule has 1 aliphatic heterocycles. The predicted octanol–water partition coefficient (Wildman–Crippen LogP) is 6.06. The number of hydrogen-bond acceptors (Lipinski definition) is 8. The van der Waals surface area contributed by atoms with E-state index in [4.69, 9.17) is 18.9 Å². The van der Waals surface area contributed by atoms with Gasteiger partial charge in [0, 0.05) is 16.2 Å². The van der Waals surface area contributed by atoms with E-state index in [1.54, 1.807) is 36.4 Å². The molecule has 5 rings (SSSR count). The van der Waals surface area contributed by atoms with E-state index in [-0.39, 0.29) is 23.6 Å². The van der Waals surface area contributed by atoms with Gasteiger partial charge in [-0.1, -0.05) is 45.5 Å². The van der Waals surface area contributed by atoms with Gasteiger partial charge >= 0.3 is 5.97 Å². The molecular formula is C32H27Br2FN2O6S. The zero-order valence-electron chi connectivity index (χ0n) is 23.9. The number of esters is 1. The van der Waals surface area contributed by atoms with Crippen LogP contribution in [0.15, 0.2) is 85.1 Å². The van der Waals surface area contributed by atoms with Crippen LogP contribution in [0.25, 0.3) is 6.08 Å². The van der Waals surface area contributed by atoms with Gasteiger partial charge in [-0.15, -0.1) is 0 Å². The van der Waals surface area contributed by atoms with Crippen molar-refractivity contribution in [2.45, 2.75) is 26.5 Å². The minimum atomic E-state index is -0.820. The summed E-state index contributed by atoms with van der Waals surface area (Å²) in [7, 11) is 1.29. The Morgan fingerprint density at radius 3 is 2.45 bits per heavy atom. The molecule has 0 spiro atoms. The molecule has 0 N–H and O–H groups in total. The van der Waals surface area contributed by atoms with E-state index >= 15 is 0 Å². The Kier molecular flexibility index (Phi) is 10.0. The van der Waals surface area contributed by atoms with E-state index in [1.807, 2.05) is 26.0 Å². The number of methoxy groups -OCH3 is 1. The maximum absolute atomic E-state index is 14.1. The molecular weight excluding hydrogens is 719 g/mol. The fourth-order valence-electron chi connectivity index (χ4n) is 4.70. The van der Waals surface area contributed by atoms with Crippen LogP contribution < -0.4 is 29.1 Å². The number of nitrogens with zero attached hydrogens (tertiary/aromatic N) is 2. The maximum Gasteiger partial charge on any atom is 0.337 e. The summed E-state index contributed by atoms with van der Waals surface area (Å²) in [5.41, 5.74) is 1.89. The zero-order chi connectivity index (χ0) is 31.4. The van der Waals surface area contributed by atoms with Gasteiger partial charge < -0.3 is 18.9 Å². The molecule has 0 amide bonds. The number of rotatable bonds is 10. The second-order valence-electron chi connectivity index (χ2n) is 9.47. The highest BCUT2D eigenvalue weighted by molar-refractivity contribution is 9.11. The fraction of sp³-hybridized carbons (Fsp3) is 0.219. The standard InChI is InChI=1S/C32H27Br2FN2O6S/c1-4-41-25-11-8-19(13-26(25)42-5-2)28-23(31(39)40-3)16-36-32-37(28)30(38)27(44-32)14-20-12-21(33)15-24(34)29(20)43-17-18-6-9-22(35)10-7-18/h6-16,28H,4-5,17H2,1-3H3/b27-14+/t28-/m1/s1. The average Bonchev–Trinajstić information content (AvgIpc) is 3.32. The molecule has 0 unspecified atom stereocenters. The quantitative estimate of drug-likeness (QED) is 0.184. The molecule has 0 aliphatic carbocycles. The molecule has 1 aromatic heterocycles. The molecule has 2 heterocycles. The van der Waals surface area contributed by atoms with Crippen LogP contribution in [0, 0.1) is 5.82 Å². The molecule has 1 atom stereocenters. The summed E-state index contributed by atoms with van der Waals surface area (Å²) >= 11 is 8.27. The predicted molar refractivity (Wildman–Crippen MR) is 173 cm³/mol. The van der Waals surface area contributed by atoms with Crippen LogP contribution >= 0.6 is 43.2 Å². The lowest BCUT2D eigenvalue weighted by molar-refractivity contribution is -0.136. The molecule has 8 nitrogen and oxygen atoms in total. The van der Waals surface area contributed by atoms with Crippen molar-refractivity contribution in [2.75, 3.05) is 20.3 Å². The minimum Gasteiger partial charge on any atom is -0.490 e. The van der Waals surface area contributed by atoms with Crippen molar-refractivity contribution < 1.29 is 28.1 Å². The van der Waals surface area contributed by atoms with Crippen molar-refractivity contribution in [3.8, 4) is 17.2 Å². The SMILES string of the molecule is CCOc1ccc([C@@H]2C(C(=O)OC)=CN=c3s/c(=C/c4cc(Br)cc(Br)c4OCc4ccc(F)cc4)c(=O)n32)cc1OCC. The summed E-state index contributed by atoms with van der Waals surface area (Å²) in [6, 6.07) is 14.2. The monoisotopic (exact) mass is 744 g/mol. The van der Waals surface area contributed by atoms with Crippen molar-refractivity contribution in [3.05, 3.63) is 118 Å². The molecule has 0 fully saturated rings. The highest BCUT2D eigenvalue weighted by Gasteiger charge is 2.31. The summed E-state index contributed by atoms with van der Waals surface area (Å²) in [4.78, 5) is 31.8. The normalized spacial score (nSPS) is 14.4. The Morgan fingerprint density at radius 2 is 1.75 bits per heavy atom. The van der Waals surface area contributed by atoms with E-state index in [0.29, 0.717) is 55.4 Å². The van der Waals surface area contributed by atoms with E-state index in [0.717, 1.165) is 10.0 Å². The van der Waals surface area contributed by atoms with Gasteiger partial charge in [-0.25, -0.2) is 14.2 Å². The lowest BCUT2D eigenvalue weighted by Gasteiger charge is -2.23. The lowest BCUT2D eigenvalue weighted by atomic mass is 9.97. The first kappa shape index (κ1) is 31.7. The first-order valence-corrected chi connectivity index (χ1v) is 16.0. The summed E-state index contributed by atoms with van der Waals surface area (Å²) < 4.78 is 39.4. The third-order valence-electron chi connectivity index (χ3n) is 6.63. The maximum atomic E-state index is 14.1. The van der Waals surface area contributed by atoms with E-state index in [2.05, 4.69) is 36.9 Å². The Balaban J connectivity index is 1.62. The molecule has 0 saturated carbocycles. The van der Waals surface area contributed by atoms with E-state index in [9.17, 15) is 14.0 Å². The first-order valence-electron chi connectivity index (χ1n) is 13.6. The molecule has 3 aromatic carbocycles. The molecule has 0 saturated heterocycles. The summed E-state index contributed by atoms with van der Waals surface area (Å²) in [6.45, 7) is 4.78. The van der Waals surface area contributed by atoms with Gasteiger partial charge in [0.15, 0.2) is 16.3 Å². The van der Waals surface area contributed by atoms with Gasteiger partial charge in [0.1, 0.15) is 18.2 Å². The Bertz CT molecular complexity index is 1920. The van der Waals surface area contributed by atoms with Crippen LogP contribution in [-0.2, 0) is 16.1 Å². The van der Waals surface area contributed by atoms with Crippen LogP contribution in [0.1, 0.15) is 36.6 Å². The van der Waals surface area contributed by atoms with Crippen molar-refractivity contribution in [1.82, 2.24) is 4.57 Å². The molecule has 0 radical (unpaired) electrons. The summed E-state index contributed by atoms with van der Waals surface area (Å²) in [6.07, 6.45) is 3.16. The first-order chi connectivity index (χ1) is 21.2. The Morgan fingerprint density at radius 1 is 1.02 bits per heavy atom. The molecule has 4 aromatic rings. The van der Waals surface area contributed by atoms with Crippen LogP contribution in [-0.4, -0.2) is 30.9 Å². The van der Waals surface area contributed by atoms with Gasteiger partial charge in [-0.3, -0.25) is 9.36 Å². The second kappa shape index (κ2) is 13.9. The van der Waals surface area contributed by atoms with Gasteiger partial charge in [0.25, 0.3) is 5.56 Å². The topological polar surface area (TPSA) is 88.4 Å². The van der Waals surface area contributed by atoms with E-state index in [1.165, 1.54) is 41.3 Å². The van der Waals surface area contributed by atoms with Gasteiger partial charge in [-0.05, 0) is 83.4 Å². The third kappa shape index (κ3) is 6.67. The number of aromatic nitrogens is 1. The number of benzene rings is 3. The Hall–Kier alpha value is -3.74. The second-order valence-corrected chi connectivity index (χ2v) is 12.2. The number of ether oxygens (including phenoxy) is 4. The largest absolute Gasteiger partial charge is 0.490 e. The fourth-order valence-corrected chi connectivity index (χ4v) is 7.04. The number of thiazole rings is 1. The Labute approximate surface area is 273 Å². The lowest BCUT2D eigenvalue weighted by Crippen LogP contribution is -2.39. The molecule has 1 aliphatic rings. The number of carbonyl (C=O) groups excluding carboxylic acids is 1. The van der Waals surface area contributed by atoms with Gasteiger partial charge in [0.2, 0.25) is 0 Å². The van der Waals surface area contributed by atoms with Gasteiger partial charge in [-0.2, -0.15) is 0 Å². The van der Waals surface area contributed by atoms with Gasteiger partial charge in [0.05, 0.1) is 40.9 Å². The zero-order valence-corrected chi connectivity index (χ0v) is 27.9. The number of hydrogen-bond donors (Lipinski definition) is 0. The highest BCUT2D eigenvalue weighted by Crippen LogP contribution is 2.36. The highest BCUT2D eigenvalue weighted by atomic mass is 79.9. The van der Waals surface area contributed by atoms with E-state index < -0.39 is 12.0 Å².